The molecule has 0 fully saturated rings. The molecule has 1 amide bonds. The lowest BCUT2D eigenvalue weighted by Gasteiger charge is -2.17. The van der Waals surface area contributed by atoms with Crippen LogP contribution in [0, 0.1) is 0 Å². The van der Waals surface area contributed by atoms with Crippen molar-refractivity contribution in [1.29, 1.82) is 0 Å². The van der Waals surface area contributed by atoms with Crippen molar-refractivity contribution in [2.75, 3.05) is 11.4 Å². The van der Waals surface area contributed by atoms with Crippen molar-refractivity contribution in [3.63, 3.8) is 0 Å². The molecular formula is C17H17NO. The van der Waals surface area contributed by atoms with Gasteiger partial charge in [0.25, 0.3) is 5.91 Å². The SMILES string of the molecule is CCc1ccc(C(=O)N2CCc3ccccc32)cc1. The molecule has 0 N–H and O–H groups in total. The normalized spacial score (nSPS) is 13.4. The molecule has 2 aromatic carbocycles. The van der Waals surface area contributed by atoms with Crippen LogP contribution < -0.4 is 4.90 Å². The summed E-state index contributed by atoms with van der Waals surface area (Å²) >= 11 is 0. The Bertz CT molecular complexity index is 601. The van der Waals surface area contributed by atoms with E-state index in [1.165, 1.54) is 11.1 Å². The number of hydrogen-bond donors (Lipinski definition) is 0. The van der Waals surface area contributed by atoms with Crippen LogP contribution in [-0.4, -0.2) is 12.5 Å². The van der Waals surface area contributed by atoms with Crippen molar-refractivity contribution in [3.05, 3.63) is 65.2 Å². The molecule has 1 aliphatic heterocycles. The van der Waals surface area contributed by atoms with E-state index in [1.807, 2.05) is 47.4 Å². The standard InChI is InChI=1S/C17H17NO/c1-2-13-7-9-15(10-8-13)17(19)18-12-11-14-5-3-4-6-16(14)18/h3-10H,2,11-12H2,1H3. The van der Waals surface area contributed by atoms with Gasteiger partial charge in [-0.1, -0.05) is 37.3 Å². The van der Waals surface area contributed by atoms with E-state index in [4.69, 9.17) is 0 Å². The van der Waals surface area contributed by atoms with E-state index in [-0.39, 0.29) is 5.91 Å². The lowest BCUT2D eigenvalue weighted by atomic mass is 10.1. The summed E-state index contributed by atoms with van der Waals surface area (Å²) in [5.74, 6) is 0.104. The number of benzene rings is 2. The summed E-state index contributed by atoms with van der Waals surface area (Å²) in [6.45, 7) is 2.90. The van der Waals surface area contributed by atoms with Gasteiger partial charge in [-0.15, -0.1) is 0 Å². The Morgan fingerprint density at radius 3 is 2.58 bits per heavy atom. The van der Waals surface area contributed by atoms with Gasteiger partial charge < -0.3 is 4.90 Å². The molecule has 0 saturated heterocycles. The number of fused-ring (bicyclic) bond motifs is 1. The summed E-state index contributed by atoms with van der Waals surface area (Å²) < 4.78 is 0. The number of rotatable bonds is 2. The van der Waals surface area contributed by atoms with E-state index in [2.05, 4.69) is 13.0 Å². The number of anilines is 1. The second-order valence-corrected chi connectivity index (χ2v) is 4.89. The average molecular weight is 251 g/mol. The summed E-state index contributed by atoms with van der Waals surface area (Å²) in [4.78, 5) is 14.4. The van der Waals surface area contributed by atoms with Gasteiger partial charge in [0.2, 0.25) is 0 Å². The molecule has 0 atom stereocenters. The molecule has 0 aromatic heterocycles. The third-order valence-electron chi connectivity index (χ3n) is 3.74. The molecule has 3 rings (SSSR count). The molecular weight excluding hydrogens is 234 g/mol. The maximum absolute atomic E-state index is 12.5. The number of amides is 1. The molecule has 2 heteroatoms. The number of para-hydroxylation sites is 1. The Balaban J connectivity index is 1.89. The highest BCUT2D eigenvalue weighted by Crippen LogP contribution is 2.28. The van der Waals surface area contributed by atoms with Gasteiger partial charge in [0.05, 0.1) is 0 Å². The highest BCUT2D eigenvalue weighted by atomic mass is 16.2. The van der Waals surface area contributed by atoms with Gasteiger partial charge in [-0.05, 0) is 42.2 Å². The predicted octanol–water partition coefficient (Wildman–Crippen LogP) is 3.45. The molecule has 1 heterocycles. The predicted molar refractivity (Wildman–Crippen MR) is 77.6 cm³/mol. The first kappa shape index (κ1) is 12.0. The number of aryl methyl sites for hydroxylation is 1. The zero-order valence-electron chi connectivity index (χ0n) is 11.1. The molecule has 2 aromatic rings. The summed E-state index contributed by atoms with van der Waals surface area (Å²) in [5, 5.41) is 0. The highest BCUT2D eigenvalue weighted by molar-refractivity contribution is 6.07. The van der Waals surface area contributed by atoms with Crippen LogP contribution in [0.15, 0.2) is 48.5 Å². The Kier molecular flexibility index (Phi) is 3.08. The molecule has 0 radical (unpaired) electrons. The molecule has 0 unspecified atom stereocenters. The highest BCUT2D eigenvalue weighted by Gasteiger charge is 2.24. The largest absolute Gasteiger partial charge is 0.308 e. The monoisotopic (exact) mass is 251 g/mol. The van der Waals surface area contributed by atoms with E-state index < -0.39 is 0 Å². The van der Waals surface area contributed by atoms with E-state index in [1.54, 1.807) is 0 Å². The molecule has 0 bridgehead atoms. The molecule has 96 valence electrons. The minimum atomic E-state index is 0.104. The van der Waals surface area contributed by atoms with Crippen molar-refractivity contribution < 1.29 is 4.79 Å². The van der Waals surface area contributed by atoms with E-state index >= 15 is 0 Å². The fourth-order valence-electron chi connectivity index (χ4n) is 2.59. The van der Waals surface area contributed by atoms with E-state index in [0.29, 0.717) is 0 Å². The van der Waals surface area contributed by atoms with Gasteiger partial charge in [-0.2, -0.15) is 0 Å². The van der Waals surface area contributed by atoms with Crippen LogP contribution in [0.4, 0.5) is 5.69 Å². The first-order valence-corrected chi connectivity index (χ1v) is 6.78. The molecule has 0 saturated carbocycles. The quantitative estimate of drug-likeness (QED) is 0.800. The van der Waals surface area contributed by atoms with Crippen LogP contribution in [0.25, 0.3) is 0 Å². The van der Waals surface area contributed by atoms with Crippen LogP contribution in [0.3, 0.4) is 0 Å². The lowest BCUT2D eigenvalue weighted by Crippen LogP contribution is -2.28. The fraction of sp³-hybridized carbons (Fsp3) is 0.235. The topological polar surface area (TPSA) is 20.3 Å². The first-order valence-electron chi connectivity index (χ1n) is 6.78. The van der Waals surface area contributed by atoms with Crippen molar-refractivity contribution in [3.8, 4) is 0 Å². The summed E-state index contributed by atoms with van der Waals surface area (Å²) in [6, 6.07) is 16.1. The molecule has 1 aliphatic rings. The smallest absolute Gasteiger partial charge is 0.258 e. The van der Waals surface area contributed by atoms with Crippen LogP contribution >= 0.6 is 0 Å². The lowest BCUT2D eigenvalue weighted by molar-refractivity contribution is 0.0989. The average Bonchev–Trinajstić information content (AvgIpc) is 2.90. The Hall–Kier alpha value is -2.09. The van der Waals surface area contributed by atoms with Crippen molar-refractivity contribution in [2.45, 2.75) is 19.8 Å². The Morgan fingerprint density at radius 2 is 1.84 bits per heavy atom. The minimum absolute atomic E-state index is 0.104. The second kappa shape index (κ2) is 4.88. The summed E-state index contributed by atoms with van der Waals surface area (Å²) in [6.07, 6.45) is 1.95. The van der Waals surface area contributed by atoms with Gasteiger partial charge in [0.1, 0.15) is 0 Å². The maximum Gasteiger partial charge on any atom is 0.258 e. The first-order chi connectivity index (χ1) is 9.29. The van der Waals surface area contributed by atoms with Crippen molar-refractivity contribution in [1.82, 2.24) is 0 Å². The number of carbonyl (C=O) groups is 1. The van der Waals surface area contributed by atoms with Crippen molar-refractivity contribution in [2.24, 2.45) is 0 Å². The molecule has 0 spiro atoms. The maximum atomic E-state index is 12.5. The number of hydrogen-bond acceptors (Lipinski definition) is 1. The molecule has 19 heavy (non-hydrogen) atoms. The summed E-state index contributed by atoms with van der Waals surface area (Å²) in [5.41, 5.74) is 4.36. The van der Waals surface area contributed by atoms with Crippen molar-refractivity contribution >= 4 is 11.6 Å². The van der Waals surface area contributed by atoms with E-state index in [9.17, 15) is 4.79 Å². The molecule has 2 nitrogen and oxygen atoms in total. The Labute approximate surface area is 113 Å². The number of nitrogens with zero attached hydrogens (tertiary/aromatic N) is 1. The van der Waals surface area contributed by atoms with Crippen LogP contribution in [0.2, 0.25) is 0 Å². The van der Waals surface area contributed by atoms with Crippen LogP contribution in [0.1, 0.15) is 28.4 Å². The summed E-state index contributed by atoms with van der Waals surface area (Å²) in [7, 11) is 0. The van der Waals surface area contributed by atoms with Gasteiger partial charge >= 0.3 is 0 Å². The van der Waals surface area contributed by atoms with Crippen LogP contribution in [-0.2, 0) is 12.8 Å². The van der Waals surface area contributed by atoms with Gasteiger partial charge in [-0.3, -0.25) is 4.79 Å². The number of carbonyl (C=O) groups excluding carboxylic acids is 1. The third-order valence-corrected chi connectivity index (χ3v) is 3.74. The third kappa shape index (κ3) is 2.14. The molecule has 0 aliphatic carbocycles. The minimum Gasteiger partial charge on any atom is -0.308 e. The van der Waals surface area contributed by atoms with Gasteiger partial charge in [-0.25, -0.2) is 0 Å². The zero-order chi connectivity index (χ0) is 13.2. The van der Waals surface area contributed by atoms with E-state index in [0.717, 1.165) is 30.6 Å². The second-order valence-electron chi connectivity index (χ2n) is 4.89. The van der Waals surface area contributed by atoms with Gasteiger partial charge in [0.15, 0.2) is 0 Å². The fourth-order valence-corrected chi connectivity index (χ4v) is 2.59. The Morgan fingerprint density at radius 1 is 1.11 bits per heavy atom. The van der Waals surface area contributed by atoms with Crippen LogP contribution in [0.5, 0.6) is 0 Å². The zero-order valence-corrected chi connectivity index (χ0v) is 11.1. The van der Waals surface area contributed by atoms with Gasteiger partial charge in [0, 0.05) is 17.8 Å².